The second kappa shape index (κ2) is 3.94. The molecule has 0 unspecified atom stereocenters. The Morgan fingerprint density at radius 1 is 1.47 bits per heavy atom. The Kier molecular flexibility index (Phi) is 2.79. The first-order valence-electron chi connectivity index (χ1n) is 5.09. The average molecular weight is 229 g/mol. The number of nitrogens with zero attached hydrogens (tertiary/aromatic N) is 2. The maximum atomic E-state index is 12.0. The van der Waals surface area contributed by atoms with Crippen molar-refractivity contribution in [1.29, 1.82) is 0 Å². The maximum Gasteiger partial charge on any atom is 0.260 e. The van der Waals surface area contributed by atoms with Gasteiger partial charge in [-0.1, -0.05) is 6.92 Å². The smallest absolute Gasteiger partial charge is 0.260 e. The highest BCUT2D eigenvalue weighted by molar-refractivity contribution is 7.89. The molecule has 2 heterocycles. The van der Waals surface area contributed by atoms with Gasteiger partial charge in [0, 0.05) is 13.1 Å². The van der Waals surface area contributed by atoms with E-state index in [0.717, 1.165) is 12.8 Å². The lowest BCUT2D eigenvalue weighted by Crippen LogP contribution is -2.38. The SMILES string of the molecule is CC1CCN(S(=O)(=O)c2cnc[nH]2)CC1. The van der Waals surface area contributed by atoms with Crippen LogP contribution in [-0.2, 0) is 10.0 Å². The highest BCUT2D eigenvalue weighted by Crippen LogP contribution is 2.21. The van der Waals surface area contributed by atoms with Crippen LogP contribution in [0.25, 0.3) is 0 Å². The zero-order valence-corrected chi connectivity index (χ0v) is 9.50. The van der Waals surface area contributed by atoms with Crippen molar-refractivity contribution in [3.8, 4) is 0 Å². The number of aromatic nitrogens is 2. The summed E-state index contributed by atoms with van der Waals surface area (Å²) < 4.78 is 25.5. The molecule has 0 spiro atoms. The lowest BCUT2D eigenvalue weighted by atomic mass is 10.0. The molecule has 1 fully saturated rings. The van der Waals surface area contributed by atoms with Crippen LogP contribution in [0.15, 0.2) is 17.6 Å². The van der Waals surface area contributed by atoms with Gasteiger partial charge in [0.25, 0.3) is 10.0 Å². The van der Waals surface area contributed by atoms with Gasteiger partial charge in [-0.3, -0.25) is 0 Å². The number of hydrogen-bond donors (Lipinski definition) is 1. The number of piperidine rings is 1. The summed E-state index contributed by atoms with van der Waals surface area (Å²) in [7, 11) is -3.33. The molecular weight excluding hydrogens is 214 g/mol. The van der Waals surface area contributed by atoms with Crippen molar-refractivity contribution in [2.24, 2.45) is 5.92 Å². The fourth-order valence-electron chi connectivity index (χ4n) is 1.75. The third kappa shape index (κ3) is 2.05. The van der Waals surface area contributed by atoms with Gasteiger partial charge in [-0.05, 0) is 18.8 Å². The quantitative estimate of drug-likeness (QED) is 0.817. The van der Waals surface area contributed by atoms with E-state index >= 15 is 0 Å². The van der Waals surface area contributed by atoms with Crippen LogP contribution >= 0.6 is 0 Å². The van der Waals surface area contributed by atoms with E-state index in [-0.39, 0.29) is 5.03 Å². The lowest BCUT2D eigenvalue weighted by Gasteiger charge is -2.28. The van der Waals surface area contributed by atoms with Crippen LogP contribution in [0, 0.1) is 5.92 Å². The first-order chi connectivity index (χ1) is 7.10. The molecule has 15 heavy (non-hydrogen) atoms. The van der Waals surface area contributed by atoms with Gasteiger partial charge in [0.15, 0.2) is 5.03 Å². The summed E-state index contributed by atoms with van der Waals surface area (Å²) in [4.78, 5) is 6.38. The summed E-state index contributed by atoms with van der Waals surface area (Å²) in [6, 6.07) is 0. The number of nitrogens with one attached hydrogen (secondary N) is 1. The topological polar surface area (TPSA) is 66.1 Å². The summed E-state index contributed by atoms with van der Waals surface area (Å²) in [6.07, 6.45) is 4.62. The standard InChI is InChI=1S/C9H15N3O2S/c1-8-2-4-12(5-3-8)15(13,14)9-6-10-7-11-9/h6-8H,2-5H2,1H3,(H,10,11). The van der Waals surface area contributed by atoms with E-state index < -0.39 is 10.0 Å². The second-order valence-electron chi connectivity index (χ2n) is 4.00. The van der Waals surface area contributed by atoms with Crippen LogP contribution < -0.4 is 0 Å². The van der Waals surface area contributed by atoms with Gasteiger partial charge in [0.05, 0.1) is 12.5 Å². The molecule has 1 N–H and O–H groups in total. The van der Waals surface area contributed by atoms with E-state index in [4.69, 9.17) is 0 Å². The Morgan fingerprint density at radius 3 is 2.67 bits per heavy atom. The zero-order valence-electron chi connectivity index (χ0n) is 8.68. The van der Waals surface area contributed by atoms with Gasteiger partial charge in [-0.25, -0.2) is 13.4 Å². The van der Waals surface area contributed by atoms with Crippen molar-refractivity contribution in [2.75, 3.05) is 13.1 Å². The molecule has 0 bridgehead atoms. The highest BCUT2D eigenvalue weighted by atomic mass is 32.2. The normalized spacial score (nSPS) is 20.6. The van der Waals surface area contributed by atoms with Crippen LogP contribution in [-0.4, -0.2) is 35.8 Å². The molecule has 0 atom stereocenters. The first kappa shape index (κ1) is 10.6. The molecule has 0 aliphatic carbocycles. The van der Waals surface area contributed by atoms with Crippen molar-refractivity contribution in [3.05, 3.63) is 12.5 Å². The van der Waals surface area contributed by atoms with E-state index in [0.29, 0.717) is 19.0 Å². The molecule has 5 nitrogen and oxygen atoms in total. The first-order valence-corrected chi connectivity index (χ1v) is 6.53. The molecule has 2 rings (SSSR count). The molecule has 1 aliphatic heterocycles. The third-order valence-corrected chi connectivity index (χ3v) is 4.66. The molecule has 0 saturated carbocycles. The Hall–Kier alpha value is -0.880. The summed E-state index contributed by atoms with van der Waals surface area (Å²) in [6.45, 7) is 3.38. The van der Waals surface area contributed by atoms with Gasteiger partial charge in [-0.15, -0.1) is 0 Å². The molecule has 0 amide bonds. The molecule has 0 aromatic carbocycles. The van der Waals surface area contributed by atoms with Crippen LogP contribution in [0.5, 0.6) is 0 Å². The summed E-state index contributed by atoms with van der Waals surface area (Å²) >= 11 is 0. The molecule has 6 heteroatoms. The van der Waals surface area contributed by atoms with E-state index in [1.807, 2.05) is 0 Å². The summed E-state index contributed by atoms with van der Waals surface area (Å²) in [5.74, 6) is 0.623. The monoisotopic (exact) mass is 229 g/mol. The van der Waals surface area contributed by atoms with Crippen molar-refractivity contribution >= 4 is 10.0 Å². The Morgan fingerprint density at radius 2 is 2.13 bits per heavy atom. The zero-order chi connectivity index (χ0) is 10.9. The molecule has 84 valence electrons. The number of hydrogen-bond acceptors (Lipinski definition) is 3. The van der Waals surface area contributed by atoms with Crippen molar-refractivity contribution in [2.45, 2.75) is 24.8 Å². The predicted octanol–water partition coefficient (Wildman–Crippen LogP) is 0.830. The van der Waals surface area contributed by atoms with E-state index in [9.17, 15) is 8.42 Å². The maximum absolute atomic E-state index is 12.0. The second-order valence-corrected chi connectivity index (χ2v) is 5.91. The van der Waals surface area contributed by atoms with Crippen molar-refractivity contribution in [1.82, 2.24) is 14.3 Å². The lowest BCUT2D eigenvalue weighted by molar-refractivity contribution is 0.287. The van der Waals surface area contributed by atoms with E-state index in [1.54, 1.807) is 0 Å². The molecule has 1 aromatic rings. The third-order valence-electron chi connectivity index (χ3n) is 2.83. The minimum atomic E-state index is -3.33. The Balaban J connectivity index is 2.17. The fourth-order valence-corrected chi connectivity index (χ4v) is 3.11. The van der Waals surface area contributed by atoms with Crippen LogP contribution in [0.4, 0.5) is 0 Å². The average Bonchev–Trinajstić information content (AvgIpc) is 2.71. The summed E-state index contributed by atoms with van der Waals surface area (Å²) in [5, 5.41) is 0.192. The molecular formula is C9H15N3O2S. The van der Waals surface area contributed by atoms with Crippen molar-refractivity contribution < 1.29 is 8.42 Å². The molecule has 1 aliphatic rings. The van der Waals surface area contributed by atoms with Gasteiger partial charge in [-0.2, -0.15) is 4.31 Å². The van der Waals surface area contributed by atoms with Gasteiger partial charge >= 0.3 is 0 Å². The number of imidazole rings is 1. The fraction of sp³-hybridized carbons (Fsp3) is 0.667. The van der Waals surface area contributed by atoms with Crippen LogP contribution in [0.1, 0.15) is 19.8 Å². The van der Waals surface area contributed by atoms with Crippen LogP contribution in [0.2, 0.25) is 0 Å². The predicted molar refractivity (Wildman–Crippen MR) is 55.7 cm³/mol. The number of H-pyrrole nitrogens is 1. The van der Waals surface area contributed by atoms with E-state index in [2.05, 4.69) is 16.9 Å². The van der Waals surface area contributed by atoms with Gasteiger partial charge in [0.2, 0.25) is 0 Å². The molecule has 1 aromatic heterocycles. The largest absolute Gasteiger partial charge is 0.335 e. The number of sulfonamides is 1. The minimum Gasteiger partial charge on any atom is -0.335 e. The van der Waals surface area contributed by atoms with Gasteiger partial charge in [0.1, 0.15) is 0 Å². The Bertz CT molecular complexity index is 405. The van der Waals surface area contributed by atoms with E-state index in [1.165, 1.54) is 16.8 Å². The van der Waals surface area contributed by atoms with Crippen LogP contribution in [0.3, 0.4) is 0 Å². The Labute approximate surface area is 89.6 Å². The highest BCUT2D eigenvalue weighted by Gasteiger charge is 2.28. The number of rotatable bonds is 2. The van der Waals surface area contributed by atoms with Gasteiger partial charge < -0.3 is 4.98 Å². The van der Waals surface area contributed by atoms with Crippen molar-refractivity contribution in [3.63, 3.8) is 0 Å². The molecule has 0 radical (unpaired) electrons. The molecule has 1 saturated heterocycles. The summed E-state index contributed by atoms with van der Waals surface area (Å²) in [5.41, 5.74) is 0. The minimum absolute atomic E-state index is 0.192. The number of aromatic amines is 1.